The van der Waals surface area contributed by atoms with Gasteiger partial charge in [0, 0.05) is 30.9 Å². The second kappa shape index (κ2) is 9.85. The average molecular weight is 517 g/mol. The van der Waals surface area contributed by atoms with Crippen LogP contribution in [0.1, 0.15) is 17.8 Å². The number of amides is 1. The van der Waals surface area contributed by atoms with Gasteiger partial charge in [-0.2, -0.15) is 13.9 Å². The number of alkyl halides is 2. The molecule has 1 unspecified atom stereocenters. The zero-order chi connectivity index (χ0) is 26.3. The number of hydrogen-bond acceptors (Lipinski definition) is 5. The van der Waals surface area contributed by atoms with Gasteiger partial charge in [-0.15, -0.1) is 0 Å². The van der Waals surface area contributed by atoms with Crippen LogP contribution in [0.4, 0.5) is 22.4 Å². The smallest absolute Gasteiger partial charge is 0.409 e. The lowest BCUT2D eigenvalue weighted by Crippen LogP contribution is -2.46. The number of pyridine rings is 1. The van der Waals surface area contributed by atoms with Crippen molar-refractivity contribution in [1.29, 1.82) is 0 Å². The second-order valence-corrected chi connectivity index (χ2v) is 8.73. The quantitative estimate of drug-likeness (QED) is 0.354. The van der Waals surface area contributed by atoms with Gasteiger partial charge < -0.3 is 18.8 Å². The number of rotatable bonds is 5. The minimum Gasteiger partial charge on any atom is -0.453 e. The standard InChI is InChI=1S/C25H23F4N5O3/c1-14-3-5-33-20(12-16-13-32(7-8-37-16)25(35)36-2)23(30-21(33)9-14)22-17(26)10-15(11-18(22)27)19-4-6-34(31-19)24(28)29/h3-6,9-11,16,24H,7-8,12-13H2,1-2H3. The summed E-state index contributed by atoms with van der Waals surface area (Å²) in [5.41, 5.74) is 1.66. The lowest BCUT2D eigenvalue weighted by Gasteiger charge is -2.32. The highest BCUT2D eigenvalue weighted by Crippen LogP contribution is 2.34. The van der Waals surface area contributed by atoms with Crippen molar-refractivity contribution < 1.29 is 31.8 Å². The minimum atomic E-state index is -2.87. The molecule has 1 fully saturated rings. The second-order valence-electron chi connectivity index (χ2n) is 8.73. The number of fused-ring (bicyclic) bond motifs is 1. The molecule has 0 radical (unpaired) electrons. The van der Waals surface area contributed by atoms with Crippen LogP contribution in [0.15, 0.2) is 42.7 Å². The number of nitrogens with zero attached hydrogens (tertiary/aromatic N) is 5. The van der Waals surface area contributed by atoms with Crippen LogP contribution in [-0.2, 0) is 15.9 Å². The van der Waals surface area contributed by atoms with Gasteiger partial charge in [-0.1, -0.05) is 0 Å². The summed E-state index contributed by atoms with van der Waals surface area (Å²) < 4.78 is 69.5. The van der Waals surface area contributed by atoms with Crippen molar-refractivity contribution in [2.24, 2.45) is 0 Å². The number of methoxy groups -OCH3 is 1. The number of carbonyl (C=O) groups excluding carboxylic acids is 1. The van der Waals surface area contributed by atoms with Crippen LogP contribution in [0.5, 0.6) is 0 Å². The van der Waals surface area contributed by atoms with Crippen LogP contribution >= 0.6 is 0 Å². The summed E-state index contributed by atoms with van der Waals surface area (Å²) in [6.07, 6.45) is 2.07. The molecule has 12 heteroatoms. The summed E-state index contributed by atoms with van der Waals surface area (Å²) >= 11 is 0. The van der Waals surface area contributed by atoms with E-state index in [0.717, 1.165) is 23.9 Å². The Morgan fingerprint density at radius 3 is 2.62 bits per heavy atom. The predicted octanol–water partition coefficient (Wildman–Crippen LogP) is 4.86. The molecule has 0 saturated carbocycles. The molecule has 37 heavy (non-hydrogen) atoms. The first-order valence-corrected chi connectivity index (χ1v) is 11.5. The summed E-state index contributed by atoms with van der Waals surface area (Å²) in [4.78, 5) is 18.1. The van der Waals surface area contributed by atoms with Crippen molar-refractivity contribution in [2.75, 3.05) is 26.8 Å². The summed E-state index contributed by atoms with van der Waals surface area (Å²) in [5.74, 6) is -1.83. The molecule has 1 saturated heterocycles. The Bertz CT molecular complexity index is 1450. The first kappa shape index (κ1) is 24.8. The van der Waals surface area contributed by atoms with E-state index in [4.69, 9.17) is 9.47 Å². The highest BCUT2D eigenvalue weighted by atomic mass is 19.3. The SMILES string of the molecule is COC(=O)N1CCOC(Cc2c(-c3c(F)cc(-c4ccn(C(F)F)n4)cc3F)nc3cc(C)ccn23)C1. The van der Waals surface area contributed by atoms with E-state index in [0.29, 0.717) is 22.6 Å². The molecule has 8 nitrogen and oxygen atoms in total. The van der Waals surface area contributed by atoms with E-state index in [1.54, 1.807) is 16.7 Å². The van der Waals surface area contributed by atoms with E-state index in [9.17, 15) is 13.6 Å². The van der Waals surface area contributed by atoms with E-state index in [1.165, 1.54) is 18.1 Å². The molecule has 4 heterocycles. The monoisotopic (exact) mass is 517 g/mol. The molecule has 5 rings (SSSR count). The average Bonchev–Trinajstić information content (AvgIpc) is 3.49. The first-order chi connectivity index (χ1) is 17.7. The van der Waals surface area contributed by atoms with Crippen molar-refractivity contribution >= 4 is 11.7 Å². The van der Waals surface area contributed by atoms with E-state index in [2.05, 4.69) is 10.1 Å². The van der Waals surface area contributed by atoms with Crippen LogP contribution in [0.3, 0.4) is 0 Å². The Morgan fingerprint density at radius 2 is 1.95 bits per heavy atom. The molecule has 3 aromatic heterocycles. The Labute approximate surface area is 209 Å². The maximum atomic E-state index is 15.5. The lowest BCUT2D eigenvalue weighted by molar-refractivity contribution is -0.0241. The highest BCUT2D eigenvalue weighted by Gasteiger charge is 2.29. The third kappa shape index (κ3) is 4.76. The molecular weight excluding hydrogens is 494 g/mol. The predicted molar refractivity (Wildman–Crippen MR) is 125 cm³/mol. The van der Waals surface area contributed by atoms with E-state index in [-0.39, 0.29) is 42.1 Å². The number of aryl methyl sites for hydroxylation is 1. The van der Waals surface area contributed by atoms with E-state index >= 15 is 8.78 Å². The van der Waals surface area contributed by atoms with Crippen LogP contribution in [0, 0.1) is 18.6 Å². The number of hydrogen-bond donors (Lipinski definition) is 0. The molecule has 0 spiro atoms. The third-order valence-electron chi connectivity index (χ3n) is 6.26. The molecule has 4 aromatic rings. The number of aromatic nitrogens is 4. The summed E-state index contributed by atoms with van der Waals surface area (Å²) in [6.45, 7) is -0.103. The van der Waals surface area contributed by atoms with Gasteiger partial charge in [0.25, 0.3) is 0 Å². The number of benzene rings is 1. The van der Waals surface area contributed by atoms with Crippen LogP contribution in [-0.4, -0.2) is 63.1 Å². The zero-order valence-corrected chi connectivity index (χ0v) is 20.0. The van der Waals surface area contributed by atoms with Crippen molar-refractivity contribution in [3.8, 4) is 22.5 Å². The Kier molecular flexibility index (Phi) is 6.59. The van der Waals surface area contributed by atoms with Gasteiger partial charge in [0.15, 0.2) is 0 Å². The lowest BCUT2D eigenvalue weighted by atomic mass is 10.0. The maximum Gasteiger partial charge on any atom is 0.409 e. The molecule has 0 bridgehead atoms. The third-order valence-corrected chi connectivity index (χ3v) is 6.26. The molecule has 1 amide bonds. The maximum absolute atomic E-state index is 15.5. The molecule has 0 aliphatic carbocycles. The molecular formula is C25H23F4N5O3. The van der Waals surface area contributed by atoms with Gasteiger partial charge in [0.1, 0.15) is 17.3 Å². The fourth-order valence-corrected chi connectivity index (χ4v) is 4.49. The number of imidazole rings is 1. The van der Waals surface area contributed by atoms with Gasteiger partial charge in [-0.05, 0) is 42.8 Å². The highest BCUT2D eigenvalue weighted by molar-refractivity contribution is 5.72. The van der Waals surface area contributed by atoms with Gasteiger partial charge in [0.05, 0.1) is 49.0 Å². The molecule has 0 N–H and O–H groups in total. The van der Waals surface area contributed by atoms with Gasteiger partial charge in [0.2, 0.25) is 0 Å². The summed E-state index contributed by atoms with van der Waals surface area (Å²) in [5, 5.41) is 3.69. The Morgan fingerprint density at radius 1 is 1.19 bits per heavy atom. The summed E-state index contributed by atoms with van der Waals surface area (Å²) in [6, 6.07) is 6.99. The Balaban J connectivity index is 1.56. The fraction of sp³-hybridized carbons (Fsp3) is 0.320. The van der Waals surface area contributed by atoms with Crippen molar-refractivity contribution in [1.82, 2.24) is 24.1 Å². The van der Waals surface area contributed by atoms with Crippen molar-refractivity contribution in [2.45, 2.75) is 26.0 Å². The summed E-state index contributed by atoms with van der Waals surface area (Å²) in [7, 11) is 1.30. The topological polar surface area (TPSA) is 73.9 Å². The molecule has 1 atom stereocenters. The molecule has 1 aliphatic heterocycles. The van der Waals surface area contributed by atoms with Gasteiger partial charge >= 0.3 is 12.6 Å². The zero-order valence-electron chi connectivity index (χ0n) is 20.0. The largest absolute Gasteiger partial charge is 0.453 e. The van der Waals surface area contributed by atoms with Crippen LogP contribution in [0.2, 0.25) is 0 Å². The van der Waals surface area contributed by atoms with Gasteiger partial charge in [-0.3, -0.25) is 0 Å². The van der Waals surface area contributed by atoms with Crippen LogP contribution in [0.25, 0.3) is 28.2 Å². The van der Waals surface area contributed by atoms with Crippen molar-refractivity contribution in [3.05, 3.63) is 65.6 Å². The van der Waals surface area contributed by atoms with Gasteiger partial charge in [-0.25, -0.2) is 23.2 Å². The number of morpholine rings is 1. The number of ether oxygens (including phenoxy) is 2. The first-order valence-electron chi connectivity index (χ1n) is 11.5. The molecule has 1 aliphatic rings. The number of carbonyl (C=O) groups is 1. The minimum absolute atomic E-state index is 0.00834. The fourth-order valence-electron chi connectivity index (χ4n) is 4.49. The van der Waals surface area contributed by atoms with E-state index in [1.807, 2.05) is 13.0 Å². The normalized spacial score (nSPS) is 16.1. The Hall–Kier alpha value is -3.93. The van der Waals surface area contributed by atoms with E-state index < -0.39 is 30.4 Å². The molecule has 194 valence electrons. The number of halogens is 4. The van der Waals surface area contributed by atoms with Crippen molar-refractivity contribution in [3.63, 3.8) is 0 Å². The molecule has 1 aromatic carbocycles. The van der Waals surface area contributed by atoms with Crippen LogP contribution < -0.4 is 0 Å².